The number of carbonyl (C=O) groups is 2. The first kappa shape index (κ1) is 26.1. The number of carbonyl (C=O) groups excluding carboxylic acids is 2. The van der Waals surface area contributed by atoms with Crippen molar-refractivity contribution in [1.82, 2.24) is 0 Å². The fourth-order valence-corrected chi connectivity index (χ4v) is 7.32. The Bertz CT molecular complexity index is 827. The van der Waals surface area contributed by atoms with E-state index in [9.17, 15) is 35.1 Å². The van der Waals surface area contributed by atoms with Gasteiger partial charge in [0, 0.05) is 30.6 Å². The second-order valence-electron chi connectivity index (χ2n) is 11.3. The molecule has 0 saturated heterocycles. The van der Waals surface area contributed by atoms with E-state index >= 15 is 0 Å². The molecule has 0 radical (unpaired) electrons. The molecule has 0 aliphatic heterocycles. The van der Waals surface area contributed by atoms with Gasteiger partial charge in [0.05, 0.1) is 24.4 Å². The second kappa shape index (κ2) is 8.02. The molecular weight excluding hydrogens is 432 g/mol. The average Bonchev–Trinajstić information content (AvgIpc) is 2.70. The molecule has 5 N–H and O–H groups in total. The van der Waals surface area contributed by atoms with Gasteiger partial charge in [0.25, 0.3) is 0 Å². The first-order chi connectivity index (χ1) is 15.0. The van der Waals surface area contributed by atoms with Crippen LogP contribution in [0.1, 0.15) is 54.4 Å². The van der Waals surface area contributed by atoms with Crippen LogP contribution in [-0.2, 0) is 19.1 Å². The summed E-state index contributed by atoms with van der Waals surface area (Å²) in [4.78, 5) is 23.9. The Morgan fingerprint density at radius 3 is 2.00 bits per heavy atom. The van der Waals surface area contributed by atoms with Crippen LogP contribution >= 0.6 is 0 Å². The zero-order chi connectivity index (χ0) is 25.3. The largest absolute Gasteiger partial charge is 0.462 e. The monoisotopic (exact) mass is 470 g/mol. The Kier molecular flexibility index (Phi) is 6.34. The predicted octanol–water partition coefficient (Wildman–Crippen LogP) is 0.303. The summed E-state index contributed by atoms with van der Waals surface area (Å²) in [7, 11) is 0. The van der Waals surface area contributed by atoms with Crippen molar-refractivity contribution >= 4 is 11.9 Å². The maximum absolute atomic E-state index is 12.1. The van der Waals surface area contributed by atoms with Gasteiger partial charge in [0.15, 0.2) is 6.10 Å². The van der Waals surface area contributed by atoms with Gasteiger partial charge in [0.2, 0.25) is 0 Å². The highest BCUT2D eigenvalue weighted by Crippen LogP contribution is 2.67. The van der Waals surface area contributed by atoms with Gasteiger partial charge in [0.1, 0.15) is 11.7 Å². The van der Waals surface area contributed by atoms with E-state index in [1.807, 2.05) is 0 Å². The molecule has 0 spiro atoms. The maximum Gasteiger partial charge on any atom is 0.303 e. The van der Waals surface area contributed by atoms with Crippen LogP contribution in [0.15, 0.2) is 12.7 Å². The lowest BCUT2D eigenvalue weighted by molar-refractivity contribution is -0.348. The molecule has 0 aromatic carbocycles. The third-order valence-electron chi connectivity index (χ3n) is 8.99. The summed E-state index contributed by atoms with van der Waals surface area (Å²) in [5.41, 5.74) is -5.56. The average molecular weight is 471 g/mol. The maximum atomic E-state index is 12.1. The predicted molar refractivity (Wildman–Crippen MR) is 116 cm³/mol. The molecule has 0 aromatic rings. The topological polar surface area (TPSA) is 154 Å². The van der Waals surface area contributed by atoms with Crippen LogP contribution in [0.5, 0.6) is 0 Å². The molecule has 3 aliphatic rings. The second-order valence-corrected chi connectivity index (χ2v) is 11.3. The summed E-state index contributed by atoms with van der Waals surface area (Å²) >= 11 is 0. The minimum Gasteiger partial charge on any atom is -0.462 e. The minimum absolute atomic E-state index is 0.0471. The van der Waals surface area contributed by atoms with Crippen molar-refractivity contribution in [2.24, 2.45) is 28.1 Å². The van der Waals surface area contributed by atoms with E-state index in [4.69, 9.17) is 9.47 Å². The van der Waals surface area contributed by atoms with E-state index in [1.54, 1.807) is 27.7 Å². The SMILES string of the molecule is C=C[C@@]1(C)C[C@@H](OC(C)=O)[C@@H]2[C@@]3(C)[C@@H](O)[C@@H](OC(C)=O)[C@@H](O)C(C)(C)[C@@H]3C[C@@H](O)[C@@]2(O)[C@H]1O. The fourth-order valence-electron chi connectivity index (χ4n) is 7.32. The Morgan fingerprint density at radius 1 is 0.970 bits per heavy atom. The molecule has 0 aromatic heterocycles. The lowest BCUT2D eigenvalue weighted by Gasteiger charge is -2.70. The van der Waals surface area contributed by atoms with Crippen LogP contribution in [0.2, 0.25) is 0 Å². The highest BCUT2D eigenvalue weighted by atomic mass is 16.6. The van der Waals surface area contributed by atoms with Gasteiger partial charge in [-0.15, -0.1) is 6.58 Å². The zero-order valence-corrected chi connectivity index (χ0v) is 20.2. The van der Waals surface area contributed by atoms with E-state index in [0.717, 1.165) is 0 Å². The van der Waals surface area contributed by atoms with Gasteiger partial charge in [-0.1, -0.05) is 33.8 Å². The van der Waals surface area contributed by atoms with Gasteiger partial charge in [-0.2, -0.15) is 0 Å². The lowest BCUT2D eigenvalue weighted by Crippen LogP contribution is -2.81. The van der Waals surface area contributed by atoms with Crippen LogP contribution in [-0.4, -0.2) is 79.7 Å². The minimum atomic E-state index is -2.17. The zero-order valence-electron chi connectivity index (χ0n) is 20.2. The Morgan fingerprint density at radius 2 is 1.52 bits per heavy atom. The number of hydrogen-bond acceptors (Lipinski definition) is 9. The highest BCUT2D eigenvalue weighted by molar-refractivity contribution is 5.66. The summed E-state index contributed by atoms with van der Waals surface area (Å²) in [5, 5.41) is 57.2. The smallest absolute Gasteiger partial charge is 0.303 e. The van der Waals surface area contributed by atoms with Gasteiger partial charge in [-0.25, -0.2) is 0 Å². The highest BCUT2D eigenvalue weighted by Gasteiger charge is 2.76. The number of fused-ring (bicyclic) bond motifs is 3. The van der Waals surface area contributed by atoms with Crippen LogP contribution in [0.4, 0.5) is 0 Å². The van der Waals surface area contributed by atoms with E-state index in [2.05, 4.69) is 6.58 Å². The van der Waals surface area contributed by atoms with Gasteiger partial charge < -0.3 is 35.0 Å². The summed E-state index contributed by atoms with van der Waals surface area (Å²) in [6, 6.07) is 0. The first-order valence-corrected chi connectivity index (χ1v) is 11.4. The summed E-state index contributed by atoms with van der Waals surface area (Å²) in [6.07, 6.45) is -6.47. The number of hydrogen-bond donors (Lipinski definition) is 5. The van der Waals surface area contributed by atoms with Crippen LogP contribution in [0.3, 0.4) is 0 Å². The van der Waals surface area contributed by atoms with E-state index in [1.165, 1.54) is 19.9 Å². The summed E-state index contributed by atoms with van der Waals surface area (Å²) in [5.74, 6) is -3.03. The van der Waals surface area contributed by atoms with Crippen molar-refractivity contribution in [2.75, 3.05) is 0 Å². The molecule has 0 heterocycles. The van der Waals surface area contributed by atoms with Crippen molar-refractivity contribution in [3.05, 3.63) is 12.7 Å². The molecule has 3 saturated carbocycles. The molecule has 3 fully saturated rings. The van der Waals surface area contributed by atoms with E-state index < -0.39 is 82.2 Å². The van der Waals surface area contributed by atoms with Gasteiger partial charge >= 0.3 is 11.9 Å². The number of esters is 2. The lowest BCUT2D eigenvalue weighted by atomic mass is 9.38. The Hall–Kier alpha value is -1.52. The van der Waals surface area contributed by atoms with Crippen molar-refractivity contribution in [3.8, 4) is 0 Å². The van der Waals surface area contributed by atoms with Crippen LogP contribution in [0, 0.1) is 28.1 Å². The Labute approximate surface area is 194 Å². The first-order valence-electron chi connectivity index (χ1n) is 11.4. The fraction of sp³-hybridized carbons (Fsp3) is 0.833. The van der Waals surface area contributed by atoms with Gasteiger partial charge in [-0.3, -0.25) is 9.59 Å². The summed E-state index contributed by atoms with van der Waals surface area (Å²) < 4.78 is 11.0. The normalized spacial score (nSPS) is 51.0. The van der Waals surface area contributed by atoms with Crippen LogP contribution in [0.25, 0.3) is 0 Å². The van der Waals surface area contributed by atoms with Crippen molar-refractivity contribution in [2.45, 2.75) is 96.6 Å². The van der Waals surface area contributed by atoms with Crippen molar-refractivity contribution < 1.29 is 44.6 Å². The molecule has 0 unspecified atom stereocenters. The molecule has 0 amide bonds. The molecule has 3 rings (SSSR count). The number of aliphatic hydroxyl groups is 5. The van der Waals surface area contributed by atoms with Crippen molar-refractivity contribution in [3.63, 3.8) is 0 Å². The number of ether oxygens (including phenoxy) is 2. The summed E-state index contributed by atoms with van der Waals surface area (Å²) in [6.45, 7) is 13.0. The third-order valence-corrected chi connectivity index (χ3v) is 8.99. The third kappa shape index (κ3) is 3.46. The van der Waals surface area contributed by atoms with Crippen LogP contribution < -0.4 is 0 Å². The number of rotatable bonds is 3. The molecule has 11 atom stereocenters. The molecule has 3 aliphatic carbocycles. The standard InChI is InChI=1S/C24H38O9/c1-8-22(6)10-13(32-11(2)25)17-23(7)14(9-15(27)24(17,31)20(22)30)21(4,5)18(28)16(19(23)29)33-12(3)26/h8,13-20,27-31H,1,9-10H2,2-7H3/t13-,14+,15-,16+,17-,18-,19+,20+,22+,23+,24+/m1/s1. The molecule has 188 valence electrons. The molecule has 0 bridgehead atoms. The van der Waals surface area contributed by atoms with E-state index in [0.29, 0.717) is 0 Å². The van der Waals surface area contributed by atoms with Crippen molar-refractivity contribution in [1.29, 1.82) is 0 Å². The number of aliphatic hydroxyl groups excluding tert-OH is 4. The van der Waals surface area contributed by atoms with Gasteiger partial charge in [-0.05, 0) is 24.2 Å². The Balaban J connectivity index is 2.27. The molecule has 33 heavy (non-hydrogen) atoms. The quantitative estimate of drug-likeness (QED) is 0.289. The van der Waals surface area contributed by atoms with E-state index in [-0.39, 0.29) is 12.8 Å². The molecular formula is C24H38O9. The molecule has 9 nitrogen and oxygen atoms in total. The molecule has 9 heteroatoms.